The number of hydrogen-bond donors (Lipinski definition) is 0. The van der Waals surface area contributed by atoms with Crippen LogP contribution < -0.4 is 0 Å². The van der Waals surface area contributed by atoms with Crippen molar-refractivity contribution in [3.05, 3.63) is 12.2 Å². The minimum atomic E-state index is 0.290. The Hall–Kier alpha value is -1.23. The van der Waals surface area contributed by atoms with Crippen molar-refractivity contribution in [1.29, 1.82) is 0 Å². The Morgan fingerprint density at radius 2 is 2.58 bits per heavy atom. The van der Waals surface area contributed by atoms with Crippen molar-refractivity contribution in [1.82, 2.24) is 15.0 Å². The predicted octanol–water partition coefficient (Wildman–Crippen LogP) is -0.156. The molecule has 1 saturated heterocycles. The summed E-state index contributed by atoms with van der Waals surface area (Å²) >= 11 is 0. The van der Waals surface area contributed by atoms with E-state index in [1.807, 2.05) is 4.90 Å². The molecular weight excluding hydrogens is 158 g/mol. The number of rotatable bonds is 2. The van der Waals surface area contributed by atoms with Crippen molar-refractivity contribution in [3.8, 4) is 0 Å². The molecule has 1 aromatic rings. The predicted molar refractivity (Wildman–Crippen MR) is 39.2 cm³/mol. The maximum absolute atomic E-state index is 10.9. The standard InChI is InChI=1S/C7H9N3O2/c11-6-1-2-10(3-6)4-7-8-5-12-9-7/h5H,1-4H2. The van der Waals surface area contributed by atoms with Gasteiger partial charge in [-0.05, 0) is 0 Å². The third kappa shape index (κ3) is 1.50. The Morgan fingerprint density at radius 3 is 3.17 bits per heavy atom. The topological polar surface area (TPSA) is 59.2 Å². The van der Waals surface area contributed by atoms with Crippen LogP contribution in [0.4, 0.5) is 0 Å². The van der Waals surface area contributed by atoms with E-state index in [9.17, 15) is 4.79 Å². The van der Waals surface area contributed by atoms with Gasteiger partial charge in [-0.3, -0.25) is 9.69 Å². The van der Waals surface area contributed by atoms with Gasteiger partial charge < -0.3 is 4.52 Å². The van der Waals surface area contributed by atoms with Crippen LogP contribution in [0.15, 0.2) is 10.9 Å². The number of carbonyl (C=O) groups is 1. The van der Waals surface area contributed by atoms with Crippen molar-refractivity contribution in [2.45, 2.75) is 13.0 Å². The van der Waals surface area contributed by atoms with Gasteiger partial charge in [0.2, 0.25) is 6.39 Å². The average Bonchev–Trinajstić information content (AvgIpc) is 2.63. The number of nitrogens with zero attached hydrogens (tertiary/aromatic N) is 3. The zero-order chi connectivity index (χ0) is 8.39. The van der Waals surface area contributed by atoms with Crippen molar-refractivity contribution in [2.24, 2.45) is 0 Å². The van der Waals surface area contributed by atoms with E-state index >= 15 is 0 Å². The molecule has 0 aliphatic carbocycles. The molecule has 0 radical (unpaired) electrons. The van der Waals surface area contributed by atoms with Crippen LogP contribution in [-0.2, 0) is 11.3 Å². The molecule has 0 bridgehead atoms. The minimum Gasteiger partial charge on any atom is -0.343 e. The maximum atomic E-state index is 10.9. The van der Waals surface area contributed by atoms with Gasteiger partial charge in [-0.25, -0.2) is 0 Å². The summed E-state index contributed by atoms with van der Waals surface area (Å²) in [6, 6.07) is 0. The first kappa shape index (κ1) is 7.42. The first-order valence-electron chi connectivity index (χ1n) is 3.84. The molecule has 1 aromatic heterocycles. The summed E-state index contributed by atoms with van der Waals surface area (Å²) in [6.07, 6.45) is 1.95. The smallest absolute Gasteiger partial charge is 0.213 e. The van der Waals surface area contributed by atoms with Crippen LogP contribution in [0.25, 0.3) is 0 Å². The number of carbonyl (C=O) groups excluding carboxylic acids is 1. The Bertz CT molecular complexity index is 270. The van der Waals surface area contributed by atoms with Gasteiger partial charge in [0.15, 0.2) is 5.82 Å². The Balaban J connectivity index is 1.92. The zero-order valence-corrected chi connectivity index (χ0v) is 6.56. The quantitative estimate of drug-likeness (QED) is 0.612. The summed E-state index contributed by atoms with van der Waals surface area (Å²) in [5.41, 5.74) is 0. The number of ketones is 1. The van der Waals surface area contributed by atoms with Gasteiger partial charge >= 0.3 is 0 Å². The summed E-state index contributed by atoms with van der Waals surface area (Å²) in [4.78, 5) is 16.8. The molecule has 5 heteroatoms. The fourth-order valence-electron chi connectivity index (χ4n) is 1.29. The lowest BCUT2D eigenvalue weighted by Crippen LogP contribution is -2.20. The van der Waals surface area contributed by atoms with E-state index in [0.717, 1.165) is 6.54 Å². The van der Waals surface area contributed by atoms with E-state index in [-0.39, 0.29) is 0 Å². The van der Waals surface area contributed by atoms with E-state index in [4.69, 9.17) is 0 Å². The lowest BCUT2D eigenvalue weighted by Gasteiger charge is -2.08. The highest BCUT2D eigenvalue weighted by molar-refractivity contribution is 5.82. The first-order chi connectivity index (χ1) is 5.84. The average molecular weight is 167 g/mol. The molecule has 1 aliphatic rings. The summed E-state index contributed by atoms with van der Waals surface area (Å²) < 4.78 is 4.58. The van der Waals surface area contributed by atoms with E-state index < -0.39 is 0 Å². The number of likely N-dealkylation sites (tertiary alicyclic amines) is 1. The largest absolute Gasteiger partial charge is 0.343 e. The van der Waals surface area contributed by atoms with Gasteiger partial charge in [0.05, 0.1) is 13.1 Å². The van der Waals surface area contributed by atoms with Gasteiger partial charge in [0.1, 0.15) is 5.78 Å². The van der Waals surface area contributed by atoms with Gasteiger partial charge in [0, 0.05) is 13.0 Å². The summed E-state index contributed by atoms with van der Waals surface area (Å²) in [5, 5.41) is 3.67. The molecule has 2 rings (SSSR count). The molecular formula is C7H9N3O2. The Labute approximate surface area is 69.4 Å². The van der Waals surface area contributed by atoms with Crippen LogP contribution in [-0.4, -0.2) is 33.9 Å². The third-order valence-corrected chi connectivity index (χ3v) is 1.88. The molecule has 5 nitrogen and oxygen atoms in total. The molecule has 0 saturated carbocycles. The van der Waals surface area contributed by atoms with Crippen LogP contribution in [0.3, 0.4) is 0 Å². The van der Waals surface area contributed by atoms with Gasteiger partial charge in [-0.15, -0.1) is 0 Å². The van der Waals surface area contributed by atoms with Crippen LogP contribution in [0.1, 0.15) is 12.2 Å². The van der Waals surface area contributed by atoms with Crippen LogP contribution in [0.5, 0.6) is 0 Å². The molecule has 0 aromatic carbocycles. The van der Waals surface area contributed by atoms with Crippen molar-refractivity contribution in [3.63, 3.8) is 0 Å². The molecule has 0 atom stereocenters. The second kappa shape index (κ2) is 3.02. The molecule has 2 heterocycles. The highest BCUT2D eigenvalue weighted by Crippen LogP contribution is 2.06. The normalized spacial score (nSPS) is 18.8. The van der Waals surface area contributed by atoms with Crippen LogP contribution >= 0.6 is 0 Å². The molecule has 0 spiro atoms. The first-order valence-corrected chi connectivity index (χ1v) is 3.84. The third-order valence-electron chi connectivity index (χ3n) is 1.88. The summed E-state index contributed by atoms with van der Waals surface area (Å²) in [7, 11) is 0. The monoisotopic (exact) mass is 167 g/mol. The van der Waals surface area contributed by atoms with E-state index in [2.05, 4.69) is 14.7 Å². The molecule has 1 aliphatic heterocycles. The molecule has 12 heavy (non-hydrogen) atoms. The highest BCUT2D eigenvalue weighted by Gasteiger charge is 2.20. The Morgan fingerprint density at radius 1 is 1.67 bits per heavy atom. The molecule has 0 unspecified atom stereocenters. The van der Waals surface area contributed by atoms with Crippen molar-refractivity contribution >= 4 is 5.78 Å². The Kier molecular flexibility index (Phi) is 1.87. The lowest BCUT2D eigenvalue weighted by molar-refractivity contribution is -0.116. The lowest BCUT2D eigenvalue weighted by atomic mass is 10.4. The maximum Gasteiger partial charge on any atom is 0.213 e. The number of aromatic nitrogens is 2. The van der Waals surface area contributed by atoms with E-state index in [0.29, 0.717) is 31.1 Å². The fraction of sp³-hybridized carbons (Fsp3) is 0.571. The zero-order valence-electron chi connectivity index (χ0n) is 6.56. The van der Waals surface area contributed by atoms with Gasteiger partial charge in [0.25, 0.3) is 0 Å². The molecule has 0 N–H and O–H groups in total. The highest BCUT2D eigenvalue weighted by atomic mass is 16.5. The van der Waals surface area contributed by atoms with Crippen LogP contribution in [0.2, 0.25) is 0 Å². The van der Waals surface area contributed by atoms with E-state index in [1.54, 1.807) is 0 Å². The SMILES string of the molecule is O=C1CCN(Cc2ncon2)C1. The summed E-state index contributed by atoms with van der Waals surface area (Å²) in [5.74, 6) is 0.934. The van der Waals surface area contributed by atoms with Gasteiger partial charge in [-0.2, -0.15) is 4.98 Å². The number of hydrogen-bond acceptors (Lipinski definition) is 5. The minimum absolute atomic E-state index is 0.290. The summed E-state index contributed by atoms with van der Waals surface area (Å²) in [6.45, 7) is 1.95. The second-order valence-electron chi connectivity index (χ2n) is 2.85. The van der Waals surface area contributed by atoms with Gasteiger partial charge in [-0.1, -0.05) is 5.16 Å². The second-order valence-corrected chi connectivity index (χ2v) is 2.85. The fourth-order valence-corrected chi connectivity index (χ4v) is 1.29. The molecule has 1 fully saturated rings. The van der Waals surface area contributed by atoms with Crippen molar-refractivity contribution in [2.75, 3.05) is 13.1 Å². The number of Topliss-reactive ketones (excluding diaryl/α,β-unsaturated/α-hetero) is 1. The van der Waals surface area contributed by atoms with Crippen molar-refractivity contribution < 1.29 is 9.32 Å². The molecule has 64 valence electrons. The van der Waals surface area contributed by atoms with Crippen LogP contribution in [0, 0.1) is 0 Å². The van der Waals surface area contributed by atoms with E-state index in [1.165, 1.54) is 6.39 Å². The molecule has 0 amide bonds.